The van der Waals surface area contributed by atoms with E-state index in [0.29, 0.717) is 0 Å². The second kappa shape index (κ2) is 6.43. The molecule has 0 fully saturated rings. The molecule has 0 aromatic heterocycles. The Morgan fingerprint density at radius 2 is 1.95 bits per heavy atom. The Hall–Kier alpha value is -0.960. The zero-order valence-electron chi connectivity index (χ0n) is 12.0. The Morgan fingerprint density at radius 1 is 1.38 bits per heavy atom. The van der Waals surface area contributed by atoms with Crippen LogP contribution in [0, 0.1) is 0 Å². The molecule has 6 nitrogen and oxygen atoms in total. The number of hydrogen-bond donors (Lipinski definition) is 2. The molecule has 0 atom stereocenters. The minimum atomic E-state index is -3.91. The maximum Gasteiger partial charge on any atom is 0.335 e. The zero-order valence-corrected chi connectivity index (χ0v) is 14.4. The van der Waals surface area contributed by atoms with Crippen LogP contribution < -0.4 is 0 Å². The number of carbonyl (C=O) groups is 1. The van der Waals surface area contributed by atoms with E-state index in [9.17, 15) is 18.3 Å². The first-order valence-electron chi connectivity index (χ1n) is 6.24. The van der Waals surface area contributed by atoms with Crippen LogP contribution in [0.3, 0.4) is 0 Å². The van der Waals surface area contributed by atoms with Gasteiger partial charge in [-0.2, -0.15) is 4.31 Å². The molecule has 1 aromatic carbocycles. The van der Waals surface area contributed by atoms with Gasteiger partial charge in [-0.3, -0.25) is 0 Å². The lowest BCUT2D eigenvalue weighted by Gasteiger charge is -2.27. The predicted molar refractivity (Wildman–Crippen MR) is 81.8 cm³/mol. The van der Waals surface area contributed by atoms with Gasteiger partial charge in [-0.25, -0.2) is 13.2 Å². The van der Waals surface area contributed by atoms with Crippen LogP contribution >= 0.6 is 15.9 Å². The third-order valence-corrected chi connectivity index (χ3v) is 5.63. The molecule has 1 aromatic rings. The van der Waals surface area contributed by atoms with Crippen molar-refractivity contribution in [1.29, 1.82) is 0 Å². The maximum absolute atomic E-state index is 12.6. The number of aliphatic hydroxyl groups is 1. The summed E-state index contributed by atoms with van der Waals surface area (Å²) in [7, 11) is -3.91. The van der Waals surface area contributed by atoms with Crippen LogP contribution in [0.2, 0.25) is 0 Å². The number of aromatic carboxylic acids is 1. The first kappa shape index (κ1) is 18.1. The fraction of sp³-hybridized carbons (Fsp3) is 0.462. The van der Waals surface area contributed by atoms with Crippen LogP contribution in [0.5, 0.6) is 0 Å². The van der Waals surface area contributed by atoms with Crippen molar-refractivity contribution in [2.24, 2.45) is 0 Å². The highest BCUT2D eigenvalue weighted by Gasteiger charge is 2.30. The lowest BCUT2D eigenvalue weighted by molar-refractivity contribution is 0.0600. The minimum absolute atomic E-state index is 0.0877. The standard InChI is InChI=1S/C13H18BrNO5S/c1-4-15(8-13(2,3)18)21(19,20)11-7-9(12(16)17)5-6-10(11)14/h5-7,18H,4,8H2,1-3H3,(H,16,17). The van der Waals surface area contributed by atoms with Crippen molar-refractivity contribution in [3.05, 3.63) is 28.2 Å². The molecule has 0 aliphatic heterocycles. The van der Waals surface area contributed by atoms with E-state index in [1.807, 2.05) is 0 Å². The van der Waals surface area contributed by atoms with Gasteiger partial charge in [-0.05, 0) is 48.0 Å². The Bertz CT molecular complexity index is 636. The van der Waals surface area contributed by atoms with Gasteiger partial charge in [0.2, 0.25) is 10.0 Å². The lowest BCUT2D eigenvalue weighted by atomic mass is 10.1. The number of rotatable bonds is 6. The zero-order chi connectivity index (χ0) is 16.4. The van der Waals surface area contributed by atoms with Crippen molar-refractivity contribution in [1.82, 2.24) is 4.31 Å². The third kappa shape index (κ3) is 4.50. The summed E-state index contributed by atoms with van der Waals surface area (Å²) in [5.74, 6) is -1.20. The van der Waals surface area contributed by atoms with E-state index in [-0.39, 0.29) is 28.0 Å². The van der Waals surface area contributed by atoms with Crippen LogP contribution in [-0.2, 0) is 10.0 Å². The van der Waals surface area contributed by atoms with Crippen molar-refractivity contribution >= 4 is 31.9 Å². The van der Waals surface area contributed by atoms with E-state index < -0.39 is 21.6 Å². The number of sulfonamides is 1. The van der Waals surface area contributed by atoms with Gasteiger partial charge in [0.15, 0.2) is 0 Å². The molecule has 0 heterocycles. The van der Waals surface area contributed by atoms with Crippen LogP contribution in [0.4, 0.5) is 0 Å². The molecule has 0 spiro atoms. The van der Waals surface area contributed by atoms with E-state index >= 15 is 0 Å². The Kier molecular flexibility index (Phi) is 5.54. The first-order valence-corrected chi connectivity index (χ1v) is 8.47. The Labute approximate surface area is 132 Å². The maximum atomic E-state index is 12.6. The molecule has 0 saturated heterocycles. The Balaban J connectivity index is 3.35. The monoisotopic (exact) mass is 379 g/mol. The molecule has 0 radical (unpaired) electrons. The number of hydrogen-bond acceptors (Lipinski definition) is 4. The molecule has 8 heteroatoms. The highest BCUT2D eigenvalue weighted by molar-refractivity contribution is 9.10. The quantitative estimate of drug-likeness (QED) is 0.787. The van der Waals surface area contributed by atoms with Crippen molar-refractivity contribution in [3.63, 3.8) is 0 Å². The lowest BCUT2D eigenvalue weighted by Crippen LogP contribution is -2.42. The number of nitrogens with zero attached hydrogens (tertiary/aromatic N) is 1. The summed E-state index contributed by atoms with van der Waals surface area (Å²) >= 11 is 3.13. The number of carboxylic acid groups (broad SMARTS) is 1. The molecule has 118 valence electrons. The normalized spacial score (nSPS) is 12.7. The van der Waals surface area contributed by atoms with Crippen LogP contribution in [0.25, 0.3) is 0 Å². The molecule has 0 amide bonds. The smallest absolute Gasteiger partial charge is 0.335 e. The summed E-state index contributed by atoms with van der Waals surface area (Å²) in [4.78, 5) is 10.9. The molecular formula is C13H18BrNO5S. The number of benzene rings is 1. The molecular weight excluding hydrogens is 362 g/mol. The van der Waals surface area contributed by atoms with Crippen LogP contribution in [0.15, 0.2) is 27.6 Å². The van der Waals surface area contributed by atoms with Crippen LogP contribution in [-0.4, -0.2) is 47.6 Å². The average molecular weight is 380 g/mol. The number of likely N-dealkylation sites (N-methyl/N-ethyl adjacent to an activating group) is 1. The molecule has 0 unspecified atom stereocenters. The molecule has 0 bridgehead atoms. The van der Waals surface area contributed by atoms with E-state index in [0.717, 1.165) is 10.4 Å². The van der Waals surface area contributed by atoms with E-state index in [4.69, 9.17) is 5.11 Å². The fourth-order valence-electron chi connectivity index (χ4n) is 1.77. The van der Waals surface area contributed by atoms with Gasteiger partial charge in [0.1, 0.15) is 0 Å². The summed E-state index contributed by atoms with van der Waals surface area (Å²) in [6.45, 7) is 4.74. The SMILES string of the molecule is CCN(CC(C)(C)O)S(=O)(=O)c1cc(C(=O)O)ccc1Br. The predicted octanol–water partition coefficient (Wildman–Crippen LogP) is 1.93. The summed E-state index contributed by atoms with van der Waals surface area (Å²) < 4.78 is 26.6. The highest BCUT2D eigenvalue weighted by atomic mass is 79.9. The average Bonchev–Trinajstić information content (AvgIpc) is 2.34. The van der Waals surface area contributed by atoms with Gasteiger partial charge in [-0.1, -0.05) is 6.92 Å². The first-order chi connectivity index (χ1) is 9.49. The molecule has 2 N–H and O–H groups in total. The molecule has 21 heavy (non-hydrogen) atoms. The Morgan fingerprint density at radius 3 is 2.38 bits per heavy atom. The van der Waals surface area contributed by atoms with E-state index in [1.54, 1.807) is 6.92 Å². The summed E-state index contributed by atoms with van der Waals surface area (Å²) in [5.41, 5.74) is -1.31. The van der Waals surface area contributed by atoms with Crippen molar-refractivity contribution < 1.29 is 23.4 Å². The van der Waals surface area contributed by atoms with Gasteiger partial charge in [-0.15, -0.1) is 0 Å². The van der Waals surface area contributed by atoms with Crippen molar-refractivity contribution in [3.8, 4) is 0 Å². The summed E-state index contributed by atoms with van der Waals surface area (Å²) in [6, 6.07) is 3.81. The van der Waals surface area contributed by atoms with E-state index in [1.165, 1.54) is 26.0 Å². The minimum Gasteiger partial charge on any atom is -0.478 e. The topological polar surface area (TPSA) is 94.9 Å². The van der Waals surface area contributed by atoms with Crippen molar-refractivity contribution in [2.45, 2.75) is 31.3 Å². The van der Waals surface area contributed by atoms with Gasteiger partial charge < -0.3 is 10.2 Å². The van der Waals surface area contributed by atoms with Crippen LogP contribution in [0.1, 0.15) is 31.1 Å². The van der Waals surface area contributed by atoms with Gasteiger partial charge >= 0.3 is 5.97 Å². The van der Waals surface area contributed by atoms with Crippen molar-refractivity contribution in [2.75, 3.05) is 13.1 Å². The second-order valence-electron chi connectivity index (χ2n) is 5.19. The largest absolute Gasteiger partial charge is 0.478 e. The van der Waals surface area contributed by atoms with Gasteiger partial charge in [0, 0.05) is 17.6 Å². The molecule has 0 saturated carbocycles. The highest BCUT2D eigenvalue weighted by Crippen LogP contribution is 2.27. The van der Waals surface area contributed by atoms with E-state index in [2.05, 4.69) is 15.9 Å². The van der Waals surface area contributed by atoms with Gasteiger partial charge in [0.05, 0.1) is 16.1 Å². The summed E-state index contributed by atoms with van der Waals surface area (Å²) in [5, 5.41) is 18.8. The number of carboxylic acids is 1. The second-order valence-corrected chi connectivity index (χ2v) is 7.95. The summed E-state index contributed by atoms with van der Waals surface area (Å²) in [6.07, 6.45) is 0. The number of halogens is 1. The molecule has 0 aliphatic rings. The van der Waals surface area contributed by atoms with Gasteiger partial charge in [0.25, 0.3) is 0 Å². The molecule has 1 rings (SSSR count). The third-order valence-electron chi connectivity index (χ3n) is 2.71. The fourth-order valence-corrected chi connectivity index (χ4v) is 4.33. The molecule has 0 aliphatic carbocycles.